The molecule has 8 nitrogen and oxygen atoms in total. The molecule has 0 aliphatic carbocycles. The number of hydrogen-bond donors (Lipinski definition) is 2. The summed E-state index contributed by atoms with van der Waals surface area (Å²) in [5.41, 5.74) is -0.961. The summed E-state index contributed by atoms with van der Waals surface area (Å²) in [5, 5.41) is 13.5. The number of nitrogens with zero attached hydrogens (tertiary/aromatic N) is 5. The predicted molar refractivity (Wildman–Crippen MR) is 88.4 cm³/mol. The van der Waals surface area contributed by atoms with Gasteiger partial charge in [0.25, 0.3) is 0 Å². The van der Waals surface area contributed by atoms with Gasteiger partial charge in [-0.05, 0) is 12.5 Å². The molecule has 1 aliphatic heterocycles. The second kappa shape index (κ2) is 6.96. The van der Waals surface area contributed by atoms with Crippen LogP contribution in [0.25, 0.3) is 0 Å². The Kier molecular flexibility index (Phi) is 4.75. The molecular formula is C16H22N6O2. The van der Waals surface area contributed by atoms with Crippen LogP contribution < -0.4 is 10.2 Å². The fourth-order valence-electron chi connectivity index (χ4n) is 2.90. The number of anilines is 1. The lowest BCUT2D eigenvalue weighted by Gasteiger charge is -2.23. The van der Waals surface area contributed by atoms with E-state index in [1.807, 2.05) is 16.4 Å². The normalized spacial score (nSPS) is 20.3. The fraction of sp³-hybridized carbons (Fsp3) is 0.500. The van der Waals surface area contributed by atoms with Crippen LogP contribution in [-0.2, 0) is 17.8 Å². The van der Waals surface area contributed by atoms with Gasteiger partial charge in [-0.1, -0.05) is 6.92 Å². The molecule has 128 valence electrons. The number of carbonyl (C=O) groups is 1. The van der Waals surface area contributed by atoms with Crippen molar-refractivity contribution in [2.24, 2.45) is 0 Å². The lowest BCUT2D eigenvalue weighted by atomic mass is 10.0. The van der Waals surface area contributed by atoms with Crippen LogP contribution in [0, 0.1) is 0 Å². The number of aryl methyl sites for hydroxylation is 1. The zero-order chi connectivity index (χ0) is 17.0. The van der Waals surface area contributed by atoms with E-state index in [0.29, 0.717) is 25.5 Å². The fourth-order valence-corrected chi connectivity index (χ4v) is 2.90. The highest BCUT2D eigenvalue weighted by Gasteiger charge is 2.37. The van der Waals surface area contributed by atoms with Crippen molar-refractivity contribution >= 4 is 11.9 Å². The smallest absolute Gasteiger partial charge is 0.240 e. The van der Waals surface area contributed by atoms with Crippen LogP contribution >= 0.6 is 0 Å². The molecule has 1 saturated heterocycles. The number of carbonyl (C=O) groups excluding carboxylic acids is 1. The van der Waals surface area contributed by atoms with Gasteiger partial charge in [-0.25, -0.2) is 15.0 Å². The zero-order valence-corrected chi connectivity index (χ0v) is 13.7. The molecule has 24 heavy (non-hydrogen) atoms. The van der Waals surface area contributed by atoms with Crippen molar-refractivity contribution in [3.63, 3.8) is 0 Å². The van der Waals surface area contributed by atoms with Gasteiger partial charge in [-0.3, -0.25) is 4.79 Å². The molecule has 8 heteroatoms. The number of rotatable bonds is 6. The number of aliphatic hydroxyl groups is 1. The molecule has 2 N–H and O–H groups in total. The highest BCUT2D eigenvalue weighted by molar-refractivity contribution is 5.75. The third-order valence-electron chi connectivity index (χ3n) is 4.21. The number of hydrogen-bond acceptors (Lipinski definition) is 6. The van der Waals surface area contributed by atoms with Gasteiger partial charge in [0.05, 0.1) is 6.54 Å². The zero-order valence-electron chi connectivity index (χ0n) is 13.7. The first kappa shape index (κ1) is 16.4. The van der Waals surface area contributed by atoms with Gasteiger partial charge in [0.15, 0.2) is 0 Å². The second-order valence-electron chi connectivity index (χ2n) is 6.05. The van der Waals surface area contributed by atoms with Gasteiger partial charge in [0.1, 0.15) is 18.0 Å². The Balaban J connectivity index is 1.52. The van der Waals surface area contributed by atoms with E-state index < -0.39 is 5.60 Å². The van der Waals surface area contributed by atoms with Crippen LogP contribution in [0.3, 0.4) is 0 Å². The molecule has 1 aliphatic rings. The van der Waals surface area contributed by atoms with Crippen molar-refractivity contribution in [1.82, 2.24) is 24.8 Å². The predicted octanol–water partition coefficient (Wildman–Crippen LogP) is -0.00690. The number of imidazole rings is 1. The molecule has 2 aromatic rings. The van der Waals surface area contributed by atoms with Crippen molar-refractivity contribution in [3.8, 4) is 0 Å². The Morgan fingerprint density at radius 2 is 2.12 bits per heavy atom. The first-order valence-corrected chi connectivity index (χ1v) is 8.11. The van der Waals surface area contributed by atoms with Gasteiger partial charge < -0.3 is 19.9 Å². The number of β-amino-alcohol motifs (C(OH)–C–C–N with tert-alkyl or cyclic N) is 1. The highest BCUT2D eigenvalue weighted by atomic mass is 16.3. The van der Waals surface area contributed by atoms with Crippen molar-refractivity contribution < 1.29 is 9.90 Å². The van der Waals surface area contributed by atoms with Crippen LogP contribution in [-0.4, -0.2) is 55.8 Å². The largest absolute Gasteiger partial charge is 0.386 e. The topological polar surface area (TPSA) is 96.2 Å². The van der Waals surface area contributed by atoms with E-state index in [9.17, 15) is 9.90 Å². The van der Waals surface area contributed by atoms with E-state index in [4.69, 9.17) is 0 Å². The van der Waals surface area contributed by atoms with Gasteiger partial charge in [0, 0.05) is 44.3 Å². The van der Waals surface area contributed by atoms with Crippen molar-refractivity contribution in [2.75, 3.05) is 24.5 Å². The summed E-state index contributed by atoms with van der Waals surface area (Å²) in [6, 6.07) is 1.76. The molecule has 1 atom stereocenters. The summed E-state index contributed by atoms with van der Waals surface area (Å²) in [4.78, 5) is 26.6. The van der Waals surface area contributed by atoms with Crippen LogP contribution in [0.5, 0.6) is 0 Å². The molecule has 0 aromatic carbocycles. The van der Waals surface area contributed by atoms with E-state index in [-0.39, 0.29) is 19.0 Å². The van der Waals surface area contributed by atoms with E-state index >= 15 is 0 Å². The van der Waals surface area contributed by atoms with E-state index in [1.165, 1.54) is 0 Å². The van der Waals surface area contributed by atoms with Crippen LogP contribution in [0.1, 0.15) is 19.2 Å². The molecule has 3 heterocycles. The minimum atomic E-state index is -0.961. The van der Waals surface area contributed by atoms with Crippen LogP contribution in [0.4, 0.5) is 5.95 Å². The van der Waals surface area contributed by atoms with Crippen LogP contribution in [0.15, 0.2) is 30.9 Å². The van der Waals surface area contributed by atoms with Gasteiger partial charge in [0.2, 0.25) is 11.9 Å². The molecule has 0 spiro atoms. The Morgan fingerprint density at radius 1 is 1.33 bits per heavy atom. The van der Waals surface area contributed by atoms with E-state index in [0.717, 1.165) is 12.2 Å². The molecule has 2 aromatic heterocycles. The van der Waals surface area contributed by atoms with Crippen molar-refractivity contribution in [1.29, 1.82) is 0 Å². The van der Waals surface area contributed by atoms with Gasteiger partial charge in [-0.15, -0.1) is 0 Å². The van der Waals surface area contributed by atoms with Gasteiger partial charge in [-0.2, -0.15) is 0 Å². The number of amides is 1. The maximum Gasteiger partial charge on any atom is 0.240 e. The van der Waals surface area contributed by atoms with Crippen molar-refractivity contribution in [2.45, 2.75) is 31.9 Å². The lowest BCUT2D eigenvalue weighted by molar-refractivity contribution is -0.122. The summed E-state index contributed by atoms with van der Waals surface area (Å²) >= 11 is 0. The number of aromatic nitrogens is 4. The van der Waals surface area contributed by atoms with Gasteiger partial charge >= 0.3 is 0 Å². The summed E-state index contributed by atoms with van der Waals surface area (Å²) in [6.07, 6.45) is 8.18. The summed E-state index contributed by atoms with van der Waals surface area (Å²) < 4.78 is 1.82. The molecule has 1 unspecified atom stereocenters. The lowest BCUT2D eigenvalue weighted by Crippen LogP contribution is -2.46. The highest BCUT2D eigenvalue weighted by Crippen LogP contribution is 2.23. The standard InChI is InChI=1S/C16H22N6O2/c1-2-13-17-7-9-21(13)10-14(23)20-11-16(24)4-8-22(12-16)15-18-5-3-6-19-15/h3,5-7,9,24H,2,4,8,10-12H2,1H3,(H,20,23). The molecule has 0 saturated carbocycles. The first-order valence-electron chi connectivity index (χ1n) is 8.11. The van der Waals surface area contributed by atoms with E-state index in [2.05, 4.69) is 20.3 Å². The Hall–Kier alpha value is -2.48. The Morgan fingerprint density at radius 3 is 2.88 bits per heavy atom. The number of nitrogens with one attached hydrogen (secondary N) is 1. The molecule has 0 radical (unpaired) electrons. The average Bonchev–Trinajstić information content (AvgIpc) is 3.21. The summed E-state index contributed by atoms with van der Waals surface area (Å²) in [5.74, 6) is 1.34. The Bertz CT molecular complexity index is 689. The summed E-state index contributed by atoms with van der Waals surface area (Å²) in [6.45, 7) is 3.49. The molecule has 3 rings (SSSR count). The third kappa shape index (κ3) is 3.70. The second-order valence-corrected chi connectivity index (χ2v) is 6.05. The van der Waals surface area contributed by atoms with Crippen molar-refractivity contribution in [3.05, 3.63) is 36.7 Å². The monoisotopic (exact) mass is 330 g/mol. The average molecular weight is 330 g/mol. The Labute approximate surface area is 140 Å². The van der Waals surface area contributed by atoms with Crippen LogP contribution in [0.2, 0.25) is 0 Å². The quantitative estimate of drug-likeness (QED) is 0.773. The molecule has 1 fully saturated rings. The maximum absolute atomic E-state index is 12.1. The first-order chi connectivity index (χ1) is 11.6. The molecule has 1 amide bonds. The van der Waals surface area contributed by atoms with E-state index in [1.54, 1.807) is 30.9 Å². The summed E-state index contributed by atoms with van der Waals surface area (Å²) in [7, 11) is 0. The minimum absolute atomic E-state index is 0.134. The third-order valence-corrected chi connectivity index (χ3v) is 4.21. The maximum atomic E-state index is 12.1. The molecule has 0 bridgehead atoms. The minimum Gasteiger partial charge on any atom is -0.386 e. The SMILES string of the molecule is CCc1nccn1CC(=O)NCC1(O)CCN(c2ncccn2)C1. The molecular weight excluding hydrogens is 308 g/mol.